The number of likely N-dealkylation sites (tertiary alicyclic amines) is 1. The van der Waals surface area contributed by atoms with E-state index in [0.29, 0.717) is 11.7 Å². The maximum Gasteiger partial charge on any atom is 0.137 e. The first-order valence-corrected chi connectivity index (χ1v) is 7.53. The molecule has 4 atom stereocenters. The predicted octanol–water partition coefficient (Wildman–Crippen LogP) is 2.08. The summed E-state index contributed by atoms with van der Waals surface area (Å²) in [5.41, 5.74) is 0. The van der Waals surface area contributed by atoms with Gasteiger partial charge in [-0.15, -0.1) is 0 Å². The van der Waals surface area contributed by atoms with Gasteiger partial charge in [0.25, 0.3) is 0 Å². The van der Waals surface area contributed by atoms with Gasteiger partial charge in [0, 0.05) is 24.9 Å². The lowest BCUT2D eigenvalue weighted by Gasteiger charge is -2.33. The molecule has 0 amide bonds. The van der Waals surface area contributed by atoms with E-state index in [-0.39, 0.29) is 18.6 Å². The van der Waals surface area contributed by atoms with E-state index < -0.39 is 0 Å². The SMILES string of the molecule is CCC1CCC(=O)C(CN2CCC(C)C2CO)C1. The number of rotatable bonds is 4. The number of ketones is 1. The van der Waals surface area contributed by atoms with Gasteiger partial charge in [0.2, 0.25) is 0 Å². The molecule has 104 valence electrons. The molecule has 1 heterocycles. The van der Waals surface area contributed by atoms with E-state index in [0.717, 1.165) is 44.7 Å². The van der Waals surface area contributed by atoms with Crippen LogP contribution in [0.15, 0.2) is 0 Å². The highest BCUT2D eigenvalue weighted by molar-refractivity contribution is 5.82. The minimum absolute atomic E-state index is 0.225. The van der Waals surface area contributed by atoms with E-state index in [2.05, 4.69) is 18.7 Å². The summed E-state index contributed by atoms with van der Waals surface area (Å²) in [6.07, 6.45) is 5.29. The molecule has 0 bridgehead atoms. The Balaban J connectivity index is 1.93. The highest BCUT2D eigenvalue weighted by atomic mass is 16.3. The van der Waals surface area contributed by atoms with Crippen molar-refractivity contribution in [2.75, 3.05) is 19.7 Å². The fraction of sp³-hybridized carbons (Fsp3) is 0.933. The number of Topliss-reactive ketones (excluding diaryl/α,β-unsaturated/α-hetero) is 1. The van der Waals surface area contributed by atoms with Crippen LogP contribution in [0.4, 0.5) is 0 Å². The van der Waals surface area contributed by atoms with Gasteiger partial charge in [-0.25, -0.2) is 0 Å². The molecule has 0 aromatic rings. The topological polar surface area (TPSA) is 40.5 Å². The minimum atomic E-state index is 0.225. The van der Waals surface area contributed by atoms with Gasteiger partial charge in [0.15, 0.2) is 0 Å². The quantitative estimate of drug-likeness (QED) is 0.834. The molecule has 1 aliphatic heterocycles. The Morgan fingerprint density at radius 2 is 2.17 bits per heavy atom. The molecule has 2 rings (SSSR count). The van der Waals surface area contributed by atoms with Crippen LogP contribution in [0.2, 0.25) is 0 Å². The van der Waals surface area contributed by atoms with Crippen molar-refractivity contribution in [2.45, 2.75) is 52.0 Å². The number of aliphatic hydroxyl groups is 1. The normalized spacial score (nSPS) is 38.3. The van der Waals surface area contributed by atoms with Gasteiger partial charge in [0.1, 0.15) is 5.78 Å². The third-order valence-corrected chi connectivity index (χ3v) is 5.09. The molecule has 0 aromatic heterocycles. The van der Waals surface area contributed by atoms with Crippen LogP contribution >= 0.6 is 0 Å². The highest BCUT2D eigenvalue weighted by Gasteiger charge is 2.35. The van der Waals surface area contributed by atoms with Crippen molar-refractivity contribution < 1.29 is 9.90 Å². The van der Waals surface area contributed by atoms with Crippen molar-refractivity contribution >= 4 is 5.78 Å². The van der Waals surface area contributed by atoms with E-state index in [1.165, 1.54) is 6.42 Å². The summed E-state index contributed by atoms with van der Waals surface area (Å²) in [5, 5.41) is 9.47. The summed E-state index contributed by atoms with van der Waals surface area (Å²) >= 11 is 0. The van der Waals surface area contributed by atoms with Gasteiger partial charge in [-0.3, -0.25) is 9.69 Å². The number of hydrogen-bond donors (Lipinski definition) is 1. The molecule has 1 aliphatic carbocycles. The van der Waals surface area contributed by atoms with E-state index in [1.807, 2.05) is 0 Å². The lowest BCUT2D eigenvalue weighted by Crippen LogP contribution is -2.41. The van der Waals surface area contributed by atoms with Crippen LogP contribution in [-0.4, -0.2) is 41.5 Å². The third kappa shape index (κ3) is 2.94. The molecular weight excluding hydrogens is 226 g/mol. The van der Waals surface area contributed by atoms with E-state index in [1.54, 1.807) is 0 Å². The second-order valence-corrected chi connectivity index (χ2v) is 6.22. The van der Waals surface area contributed by atoms with Gasteiger partial charge in [-0.1, -0.05) is 20.3 Å². The van der Waals surface area contributed by atoms with Gasteiger partial charge < -0.3 is 5.11 Å². The first kappa shape index (κ1) is 14.0. The van der Waals surface area contributed by atoms with Gasteiger partial charge in [-0.05, 0) is 37.6 Å². The molecule has 3 nitrogen and oxygen atoms in total. The molecule has 1 saturated heterocycles. The van der Waals surface area contributed by atoms with Crippen molar-refractivity contribution in [3.63, 3.8) is 0 Å². The molecule has 2 fully saturated rings. The molecule has 0 radical (unpaired) electrons. The van der Waals surface area contributed by atoms with Gasteiger partial charge in [-0.2, -0.15) is 0 Å². The van der Waals surface area contributed by atoms with E-state index in [9.17, 15) is 9.90 Å². The van der Waals surface area contributed by atoms with Crippen LogP contribution in [0, 0.1) is 17.8 Å². The first-order chi connectivity index (χ1) is 8.65. The van der Waals surface area contributed by atoms with Crippen LogP contribution in [0.25, 0.3) is 0 Å². The number of carbonyl (C=O) groups excluding carboxylic acids is 1. The van der Waals surface area contributed by atoms with Crippen LogP contribution in [0.5, 0.6) is 0 Å². The zero-order chi connectivity index (χ0) is 13.1. The number of hydrogen-bond acceptors (Lipinski definition) is 3. The lowest BCUT2D eigenvalue weighted by atomic mass is 9.79. The number of nitrogens with zero attached hydrogens (tertiary/aromatic N) is 1. The molecule has 1 saturated carbocycles. The number of aliphatic hydroxyl groups excluding tert-OH is 1. The Morgan fingerprint density at radius 1 is 1.39 bits per heavy atom. The molecular formula is C15H27NO2. The summed E-state index contributed by atoms with van der Waals surface area (Å²) in [7, 11) is 0. The predicted molar refractivity (Wildman–Crippen MR) is 72.4 cm³/mol. The summed E-state index contributed by atoms with van der Waals surface area (Å²) in [4.78, 5) is 14.4. The highest BCUT2D eigenvalue weighted by Crippen LogP contribution is 2.32. The summed E-state index contributed by atoms with van der Waals surface area (Å²) in [6.45, 7) is 6.60. The van der Waals surface area contributed by atoms with Crippen LogP contribution < -0.4 is 0 Å². The van der Waals surface area contributed by atoms with E-state index in [4.69, 9.17) is 0 Å². The van der Waals surface area contributed by atoms with Crippen molar-refractivity contribution in [1.29, 1.82) is 0 Å². The summed E-state index contributed by atoms with van der Waals surface area (Å²) in [5.74, 6) is 1.98. The standard InChI is InChI=1S/C15H27NO2/c1-3-12-4-5-15(18)13(8-12)9-16-7-6-11(2)14(16)10-17/h11-14,17H,3-10H2,1-2H3. The summed E-state index contributed by atoms with van der Waals surface area (Å²) in [6, 6.07) is 0.278. The van der Waals surface area contributed by atoms with Gasteiger partial charge in [0.05, 0.1) is 6.61 Å². The second-order valence-electron chi connectivity index (χ2n) is 6.22. The Kier molecular flexibility index (Phi) is 4.79. The van der Waals surface area contributed by atoms with Crippen LogP contribution in [0.1, 0.15) is 46.0 Å². The van der Waals surface area contributed by atoms with Crippen molar-refractivity contribution in [1.82, 2.24) is 4.90 Å². The molecule has 4 unspecified atom stereocenters. The zero-order valence-electron chi connectivity index (χ0n) is 11.8. The minimum Gasteiger partial charge on any atom is -0.395 e. The molecule has 0 spiro atoms. The Labute approximate surface area is 111 Å². The third-order valence-electron chi connectivity index (χ3n) is 5.09. The van der Waals surface area contributed by atoms with Crippen LogP contribution in [-0.2, 0) is 4.79 Å². The fourth-order valence-corrected chi connectivity index (χ4v) is 3.64. The monoisotopic (exact) mass is 253 g/mol. The summed E-state index contributed by atoms with van der Waals surface area (Å²) < 4.78 is 0. The fourth-order valence-electron chi connectivity index (χ4n) is 3.64. The average molecular weight is 253 g/mol. The number of carbonyl (C=O) groups is 1. The second kappa shape index (κ2) is 6.16. The smallest absolute Gasteiger partial charge is 0.137 e. The van der Waals surface area contributed by atoms with Crippen LogP contribution in [0.3, 0.4) is 0 Å². The van der Waals surface area contributed by atoms with Crippen molar-refractivity contribution in [3.05, 3.63) is 0 Å². The van der Waals surface area contributed by atoms with Crippen molar-refractivity contribution in [3.8, 4) is 0 Å². The Bertz CT molecular complexity index is 292. The molecule has 0 aromatic carbocycles. The Morgan fingerprint density at radius 3 is 2.83 bits per heavy atom. The van der Waals surface area contributed by atoms with Gasteiger partial charge >= 0.3 is 0 Å². The molecule has 3 heteroatoms. The largest absolute Gasteiger partial charge is 0.395 e. The first-order valence-electron chi connectivity index (χ1n) is 7.53. The maximum absolute atomic E-state index is 12.0. The van der Waals surface area contributed by atoms with E-state index >= 15 is 0 Å². The molecule has 18 heavy (non-hydrogen) atoms. The molecule has 1 N–H and O–H groups in total. The zero-order valence-corrected chi connectivity index (χ0v) is 11.8. The average Bonchev–Trinajstić information content (AvgIpc) is 2.72. The van der Waals surface area contributed by atoms with Crippen molar-refractivity contribution in [2.24, 2.45) is 17.8 Å². The lowest BCUT2D eigenvalue weighted by molar-refractivity contribution is -0.126. The maximum atomic E-state index is 12.0. The Hall–Kier alpha value is -0.410. The molecule has 2 aliphatic rings.